The number of thiol groups is 1. The molecule has 0 saturated carbocycles. The summed E-state index contributed by atoms with van der Waals surface area (Å²) >= 11 is 3.33. The Kier molecular flexibility index (Phi) is 5.49. The maximum Gasteiger partial charge on any atom is 0.347 e. The number of carbonyl (C=O) groups is 1. The van der Waals surface area contributed by atoms with Crippen LogP contribution in [-0.4, -0.2) is 19.2 Å². The third kappa shape index (κ3) is 4.98. The first kappa shape index (κ1) is 11.3. The van der Waals surface area contributed by atoms with E-state index in [-0.39, 0.29) is 12.2 Å². The second kappa shape index (κ2) is 5.85. The van der Waals surface area contributed by atoms with Gasteiger partial charge < -0.3 is 8.92 Å². The predicted molar refractivity (Wildman–Crippen MR) is 49.9 cm³/mol. The van der Waals surface area contributed by atoms with Crippen LogP contribution in [-0.2, 0) is 13.7 Å². The SMILES string of the molecule is C=C(C)COCC(=C)C(=O)OS. The molecule has 0 bridgehead atoms. The number of hydrogen-bond acceptors (Lipinski definition) is 4. The lowest BCUT2D eigenvalue weighted by Crippen LogP contribution is -2.08. The van der Waals surface area contributed by atoms with E-state index < -0.39 is 5.97 Å². The average molecular weight is 188 g/mol. The molecule has 0 rings (SSSR count). The molecule has 68 valence electrons. The second-order valence-corrected chi connectivity index (χ2v) is 2.61. The highest BCUT2D eigenvalue weighted by molar-refractivity contribution is 7.75. The van der Waals surface area contributed by atoms with Gasteiger partial charge in [-0.25, -0.2) is 4.79 Å². The standard InChI is InChI=1S/C8H12O3S/c1-6(2)4-10-5-7(3)8(9)11-12/h12H,1,3-5H2,2H3. The second-order valence-electron chi connectivity index (χ2n) is 2.43. The van der Waals surface area contributed by atoms with Crippen molar-refractivity contribution in [1.82, 2.24) is 0 Å². The first-order valence-corrected chi connectivity index (χ1v) is 3.70. The number of rotatable bonds is 5. The Morgan fingerprint density at radius 2 is 2.00 bits per heavy atom. The highest BCUT2D eigenvalue weighted by Gasteiger charge is 2.06. The van der Waals surface area contributed by atoms with Crippen molar-refractivity contribution in [2.75, 3.05) is 13.2 Å². The molecule has 0 fully saturated rings. The van der Waals surface area contributed by atoms with E-state index in [1.807, 2.05) is 6.92 Å². The number of hydrogen-bond donors (Lipinski definition) is 1. The summed E-state index contributed by atoms with van der Waals surface area (Å²) in [4.78, 5) is 10.7. The molecule has 0 aromatic heterocycles. The van der Waals surface area contributed by atoms with E-state index in [0.29, 0.717) is 6.61 Å². The lowest BCUT2D eigenvalue weighted by molar-refractivity contribution is -0.129. The molecule has 0 spiro atoms. The monoisotopic (exact) mass is 188 g/mol. The molecular weight excluding hydrogens is 176 g/mol. The van der Waals surface area contributed by atoms with Crippen molar-refractivity contribution in [3.63, 3.8) is 0 Å². The van der Waals surface area contributed by atoms with Gasteiger partial charge >= 0.3 is 5.97 Å². The summed E-state index contributed by atoms with van der Waals surface area (Å²) in [6, 6.07) is 0. The molecule has 0 radical (unpaired) electrons. The summed E-state index contributed by atoms with van der Waals surface area (Å²) in [5.74, 6) is -0.569. The summed E-state index contributed by atoms with van der Waals surface area (Å²) in [6.45, 7) is 9.47. The Labute approximate surface area is 77.7 Å². The molecule has 0 aliphatic carbocycles. The molecule has 0 aromatic carbocycles. The van der Waals surface area contributed by atoms with Crippen molar-refractivity contribution >= 4 is 18.9 Å². The van der Waals surface area contributed by atoms with Gasteiger partial charge in [0.1, 0.15) is 0 Å². The Morgan fingerprint density at radius 3 is 2.42 bits per heavy atom. The zero-order valence-corrected chi connectivity index (χ0v) is 7.89. The van der Waals surface area contributed by atoms with Gasteiger partial charge in [0.25, 0.3) is 0 Å². The van der Waals surface area contributed by atoms with E-state index in [4.69, 9.17) is 4.74 Å². The van der Waals surface area contributed by atoms with Crippen LogP contribution in [0.25, 0.3) is 0 Å². The van der Waals surface area contributed by atoms with Crippen LogP contribution in [0.1, 0.15) is 6.92 Å². The van der Waals surface area contributed by atoms with Crippen LogP contribution < -0.4 is 0 Å². The molecule has 0 aliphatic rings. The molecule has 0 unspecified atom stereocenters. The van der Waals surface area contributed by atoms with Crippen molar-refractivity contribution < 1.29 is 13.7 Å². The molecule has 0 heterocycles. The minimum atomic E-state index is -0.569. The zero-order valence-electron chi connectivity index (χ0n) is 7.00. The maximum absolute atomic E-state index is 10.7. The summed E-state index contributed by atoms with van der Waals surface area (Å²) in [5.41, 5.74) is 1.13. The normalized spacial score (nSPS) is 9.17. The van der Waals surface area contributed by atoms with E-state index in [2.05, 4.69) is 30.3 Å². The lowest BCUT2D eigenvalue weighted by Gasteiger charge is -2.03. The molecule has 12 heavy (non-hydrogen) atoms. The molecule has 0 saturated heterocycles. The molecule has 0 aromatic rings. The highest BCUT2D eigenvalue weighted by atomic mass is 32.1. The van der Waals surface area contributed by atoms with Gasteiger partial charge in [0.05, 0.1) is 18.8 Å². The van der Waals surface area contributed by atoms with Crippen LogP contribution in [0.5, 0.6) is 0 Å². The van der Waals surface area contributed by atoms with Crippen LogP contribution in [0.15, 0.2) is 24.3 Å². The van der Waals surface area contributed by atoms with Gasteiger partial charge in [-0.3, -0.25) is 0 Å². The van der Waals surface area contributed by atoms with E-state index in [1.165, 1.54) is 0 Å². The number of carbonyl (C=O) groups excluding carboxylic acids is 1. The Hall–Kier alpha value is -0.740. The van der Waals surface area contributed by atoms with Crippen molar-refractivity contribution in [3.8, 4) is 0 Å². The smallest absolute Gasteiger partial charge is 0.347 e. The third-order valence-electron chi connectivity index (χ3n) is 0.996. The Bertz CT molecular complexity index is 198. The van der Waals surface area contributed by atoms with Crippen molar-refractivity contribution in [2.24, 2.45) is 0 Å². The molecular formula is C8H12O3S. The predicted octanol–water partition coefficient (Wildman–Crippen LogP) is 1.52. The first-order valence-electron chi connectivity index (χ1n) is 3.33. The van der Waals surface area contributed by atoms with E-state index in [0.717, 1.165) is 5.57 Å². The minimum Gasteiger partial charge on any atom is -0.391 e. The molecule has 3 nitrogen and oxygen atoms in total. The highest BCUT2D eigenvalue weighted by Crippen LogP contribution is 1.98. The summed E-state index contributed by atoms with van der Waals surface area (Å²) in [5, 5.41) is 0. The van der Waals surface area contributed by atoms with E-state index in [1.54, 1.807) is 0 Å². The lowest BCUT2D eigenvalue weighted by atomic mass is 10.3. The van der Waals surface area contributed by atoms with Crippen LogP contribution in [0.3, 0.4) is 0 Å². The number of ether oxygens (including phenoxy) is 1. The Balaban J connectivity index is 3.58. The van der Waals surface area contributed by atoms with Crippen molar-refractivity contribution in [3.05, 3.63) is 24.3 Å². The average Bonchev–Trinajstić information content (AvgIpc) is 2.02. The summed E-state index contributed by atoms with van der Waals surface area (Å²) in [6.07, 6.45) is 0. The van der Waals surface area contributed by atoms with Crippen LogP contribution in [0.4, 0.5) is 0 Å². The first-order chi connectivity index (χ1) is 5.57. The topological polar surface area (TPSA) is 35.5 Å². The summed E-state index contributed by atoms with van der Waals surface area (Å²) in [7, 11) is 0. The van der Waals surface area contributed by atoms with Crippen LogP contribution in [0.2, 0.25) is 0 Å². The molecule has 0 aliphatic heterocycles. The van der Waals surface area contributed by atoms with E-state index in [9.17, 15) is 4.79 Å². The van der Waals surface area contributed by atoms with Crippen molar-refractivity contribution in [2.45, 2.75) is 6.92 Å². The van der Waals surface area contributed by atoms with Crippen LogP contribution in [0, 0.1) is 0 Å². The fourth-order valence-electron chi connectivity index (χ4n) is 0.472. The van der Waals surface area contributed by atoms with E-state index >= 15 is 0 Å². The van der Waals surface area contributed by atoms with Gasteiger partial charge in [0.15, 0.2) is 0 Å². The largest absolute Gasteiger partial charge is 0.391 e. The van der Waals surface area contributed by atoms with Gasteiger partial charge in [-0.05, 0) is 6.92 Å². The van der Waals surface area contributed by atoms with Gasteiger partial charge in [0, 0.05) is 12.9 Å². The molecule has 0 atom stereocenters. The fraction of sp³-hybridized carbons (Fsp3) is 0.375. The third-order valence-corrected chi connectivity index (χ3v) is 1.16. The molecule has 4 heteroatoms. The minimum absolute atomic E-state index is 0.145. The van der Waals surface area contributed by atoms with Crippen LogP contribution >= 0.6 is 12.9 Å². The van der Waals surface area contributed by atoms with Gasteiger partial charge in [0.2, 0.25) is 0 Å². The van der Waals surface area contributed by atoms with Gasteiger partial charge in [-0.2, -0.15) is 0 Å². The molecule has 0 N–H and O–H groups in total. The Morgan fingerprint density at radius 1 is 1.42 bits per heavy atom. The molecule has 0 amide bonds. The summed E-state index contributed by atoms with van der Waals surface area (Å²) < 4.78 is 9.17. The van der Waals surface area contributed by atoms with Crippen molar-refractivity contribution in [1.29, 1.82) is 0 Å². The maximum atomic E-state index is 10.7. The zero-order chi connectivity index (χ0) is 9.56. The van der Waals surface area contributed by atoms with Gasteiger partial charge in [-0.1, -0.05) is 18.7 Å². The van der Waals surface area contributed by atoms with Gasteiger partial charge in [-0.15, -0.1) is 0 Å². The fourth-order valence-corrected chi connectivity index (χ4v) is 0.601. The quantitative estimate of drug-likeness (QED) is 0.307.